The van der Waals surface area contributed by atoms with Gasteiger partial charge in [-0.25, -0.2) is 8.42 Å². The molecule has 0 aromatic heterocycles. The molecular formula is C15H31ClN2O3S. The Morgan fingerprint density at radius 2 is 1.86 bits per heavy atom. The number of nitrogens with one attached hydrogen (secondary N) is 2. The molecule has 22 heavy (non-hydrogen) atoms. The van der Waals surface area contributed by atoms with Crippen molar-refractivity contribution in [2.24, 2.45) is 11.8 Å². The minimum atomic E-state index is -2.99. The zero-order valence-electron chi connectivity index (χ0n) is 14.1. The van der Waals surface area contributed by atoms with Crippen LogP contribution in [0.3, 0.4) is 0 Å². The summed E-state index contributed by atoms with van der Waals surface area (Å²) < 4.78 is 22.5. The van der Waals surface area contributed by atoms with Crippen LogP contribution in [0.1, 0.15) is 46.5 Å². The van der Waals surface area contributed by atoms with Crippen molar-refractivity contribution in [3.63, 3.8) is 0 Å². The van der Waals surface area contributed by atoms with E-state index in [9.17, 15) is 13.2 Å². The van der Waals surface area contributed by atoms with Gasteiger partial charge in [-0.15, -0.1) is 12.4 Å². The molecule has 1 heterocycles. The lowest BCUT2D eigenvalue weighted by atomic mass is 9.84. The van der Waals surface area contributed by atoms with E-state index in [1.165, 1.54) is 6.26 Å². The molecule has 132 valence electrons. The molecule has 0 aromatic carbocycles. The van der Waals surface area contributed by atoms with E-state index in [-0.39, 0.29) is 24.1 Å². The first-order valence-electron chi connectivity index (χ1n) is 7.78. The van der Waals surface area contributed by atoms with Crippen molar-refractivity contribution in [3.8, 4) is 0 Å². The maximum absolute atomic E-state index is 12.2. The summed E-state index contributed by atoms with van der Waals surface area (Å²) in [6.45, 7) is 7.97. The minimum Gasteiger partial charge on any atom is -0.351 e. The van der Waals surface area contributed by atoms with Gasteiger partial charge in [0.15, 0.2) is 0 Å². The summed E-state index contributed by atoms with van der Waals surface area (Å²) in [7, 11) is -2.99. The van der Waals surface area contributed by atoms with E-state index in [0.29, 0.717) is 24.7 Å². The van der Waals surface area contributed by atoms with E-state index in [4.69, 9.17) is 0 Å². The Labute approximate surface area is 141 Å². The molecule has 0 saturated carbocycles. The molecule has 1 aliphatic heterocycles. The molecular weight excluding hydrogens is 324 g/mol. The molecule has 0 spiro atoms. The number of halogens is 1. The maximum Gasteiger partial charge on any atom is 0.220 e. The summed E-state index contributed by atoms with van der Waals surface area (Å²) >= 11 is 0. The third kappa shape index (κ3) is 8.96. The Morgan fingerprint density at radius 3 is 2.36 bits per heavy atom. The molecule has 1 unspecified atom stereocenters. The van der Waals surface area contributed by atoms with Crippen LogP contribution in [-0.4, -0.2) is 45.0 Å². The summed E-state index contributed by atoms with van der Waals surface area (Å²) in [5.74, 6) is 1.11. The van der Waals surface area contributed by atoms with Crippen LogP contribution in [0, 0.1) is 11.8 Å². The second-order valence-electron chi connectivity index (χ2n) is 7.08. The van der Waals surface area contributed by atoms with Crippen molar-refractivity contribution >= 4 is 28.2 Å². The number of amides is 1. The Balaban J connectivity index is 0.00000441. The third-order valence-corrected chi connectivity index (χ3v) is 5.22. The number of hydrogen-bond donors (Lipinski definition) is 2. The summed E-state index contributed by atoms with van der Waals surface area (Å²) in [5, 5.41) is 6.31. The van der Waals surface area contributed by atoms with Crippen LogP contribution >= 0.6 is 12.4 Å². The summed E-state index contributed by atoms with van der Waals surface area (Å²) in [6, 6.07) is 0. The van der Waals surface area contributed by atoms with Gasteiger partial charge in [0, 0.05) is 18.2 Å². The van der Waals surface area contributed by atoms with Gasteiger partial charge < -0.3 is 10.6 Å². The van der Waals surface area contributed by atoms with Gasteiger partial charge in [-0.2, -0.15) is 0 Å². The fourth-order valence-electron chi connectivity index (χ4n) is 2.80. The molecule has 1 amide bonds. The average Bonchev–Trinajstić information content (AvgIpc) is 2.36. The first-order valence-corrected chi connectivity index (χ1v) is 9.84. The Kier molecular flexibility index (Phi) is 8.95. The van der Waals surface area contributed by atoms with Gasteiger partial charge in [0.1, 0.15) is 9.84 Å². The molecule has 1 aliphatic rings. The van der Waals surface area contributed by atoms with E-state index in [1.54, 1.807) is 0 Å². The SMILES string of the molecule is CC(CC(=O)NC(C)(C)CCS(C)(=O)=O)C1CCNCC1.Cl. The van der Waals surface area contributed by atoms with Crippen LogP contribution in [0.2, 0.25) is 0 Å². The highest BCUT2D eigenvalue weighted by Gasteiger charge is 2.26. The molecule has 1 saturated heterocycles. The van der Waals surface area contributed by atoms with Crippen LogP contribution < -0.4 is 10.6 Å². The summed E-state index contributed by atoms with van der Waals surface area (Å²) in [5.41, 5.74) is -0.478. The average molecular weight is 355 g/mol. The largest absolute Gasteiger partial charge is 0.351 e. The maximum atomic E-state index is 12.2. The second-order valence-corrected chi connectivity index (χ2v) is 9.34. The normalized spacial score (nSPS) is 18.4. The van der Waals surface area contributed by atoms with Gasteiger partial charge in [-0.3, -0.25) is 4.79 Å². The number of carbonyl (C=O) groups is 1. The lowest BCUT2D eigenvalue weighted by Gasteiger charge is -2.30. The second kappa shape index (κ2) is 9.08. The van der Waals surface area contributed by atoms with E-state index >= 15 is 0 Å². The van der Waals surface area contributed by atoms with Crippen molar-refractivity contribution in [2.75, 3.05) is 25.1 Å². The van der Waals surface area contributed by atoms with E-state index in [1.807, 2.05) is 13.8 Å². The smallest absolute Gasteiger partial charge is 0.220 e. The van der Waals surface area contributed by atoms with Gasteiger partial charge in [-0.05, 0) is 58.0 Å². The quantitative estimate of drug-likeness (QED) is 0.730. The van der Waals surface area contributed by atoms with Crippen LogP contribution in [0.25, 0.3) is 0 Å². The highest BCUT2D eigenvalue weighted by atomic mass is 35.5. The van der Waals surface area contributed by atoms with Gasteiger partial charge in [0.2, 0.25) is 5.91 Å². The molecule has 0 bridgehead atoms. The standard InChI is InChI=1S/C15H30N2O3S.ClH/c1-12(13-5-8-16-9-6-13)11-14(18)17-15(2,3)7-10-21(4,19)20;/h12-13,16H,5-11H2,1-4H3,(H,17,18);1H. The number of sulfone groups is 1. The van der Waals surface area contributed by atoms with Gasteiger partial charge in [-0.1, -0.05) is 6.92 Å². The Morgan fingerprint density at radius 1 is 1.32 bits per heavy atom. The van der Waals surface area contributed by atoms with Gasteiger partial charge in [0.05, 0.1) is 5.75 Å². The monoisotopic (exact) mass is 354 g/mol. The highest BCUT2D eigenvalue weighted by molar-refractivity contribution is 7.90. The fourth-order valence-corrected chi connectivity index (χ4v) is 3.68. The molecule has 7 heteroatoms. The van der Waals surface area contributed by atoms with Crippen molar-refractivity contribution in [1.29, 1.82) is 0 Å². The molecule has 0 aromatic rings. The molecule has 0 aliphatic carbocycles. The lowest BCUT2D eigenvalue weighted by Crippen LogP contribution is -2.45. The van der Waals surface area contributed by atoms with Crippen molar-refractivity contribution < 1.29 is 13.2 Å². The topological polar surface area (TPSA) is 75.3 Å². The van der Waals surface area contributed by atoms with Crippen LogP contribution in [0.4, 0.5) is 0 Å². The number of hydrogen-bond acceptors (Lipinski definition) is 4. The predicted octanol–water partition coefficient (Wildman–Crippen LogP) is 1.76. The molecule has 1 fully saturated rings. The first-order chi connectivity index (χ1) is 9.59. The fraction of sp³-hybridized carbons (Fsp3) is 0.933. The van der Waals surface area contributed by atoms with Crippen molar-refractivity contribution in [1.82, 2.24) is 10.6 Å². The highest BCUT2D eigenvalue weighted by Crippen LogP contribution is 2.24. The molecule has 2 N–H and O–H groups in total. The lowest BCUT2D eigenvalue weighted by molar-refractivity contribution is -0.124. The van der Waals surface area contributed by atoms with E-state index < -0.39 is 15.4 Å². The number of rotatable bonds is 7. The molecule has 1 atom stereocenters. The number of carbonyl (C=O) groups excluding carboxylic acids is 1. The summed E-state index contributed by atoms with van der Waals surface area (Å²) in [4.78, 5) is 12.2. The van der Waals surface area contributed by atoms with Crippen molar-refractivity contribution in [2.45, 2.75) is 52.0 Å². The van der Waals surface area contributed by atoms with Gasteiger partial charge >= 0.3 is 0 Å². The van der Waals surface area contributed by atoms with E-state index in [0.717, 1.165) is 25.9 Å². The van der Waals surface area contributed by atoms with Gasteiger partial charge in [0.25, 0.3) is 0 Å². The van der Waals surface area contributed by atoms with Crippen LogP contribution in [0.5, 0.6) is 0 Å². The Bertz CT molecular complexity index is 446. The zero-order valence-corrected chi connectivity index (χ0v) is 15.8. The van der Waals surface area contributed by atoms with Crippen LogP contribution in [0.15, 0.2) is 0 Å². The minimum absolute atomic E-state index is 0. The molecule has 0 radical (unpaired) electrons. The zero-order chi connectivity index (χ0) is 16.1. The molecule has 1 rings (SSSR count). The van der Waals surface area contributed by atoms with E-state index in [2.05, 4.69) is 17.6 Å². The first kappa shape index (κ1) is 21.7. The van der Waals surface area contributed by atoms with Crippen LogP contribution in [-0.2, 0) is 14.6 Å². The third-order valence-electron chi connectivity index (χ3n) is 4.27. The number of piperidine rings is 1. The summed E-state index contributed by atoms with van der Waals surface area (Å²) in [6.07, 6.45) is 4.45. The Hall–Kier alpha value is -0.330. The molecule has 5 nitrogen and oxygen atoms in total. The predicted molar refractivity (Wildman–Crippen MR) is 93.2 cm³/mol. The van der Waals surface area contributed by atoms with Crippen molar-refractivity contribution in [3.05, 3.63) is 0 Å².